The minimum absolute atomic E-state index is 0.0228. The number of nitrogens with zero attached hydrogens (tertiary/aromatic N) is 4. The Balaban J connectivity index is 1.47. The summed E-state index contributed by atoms with van der Waals surface area (Å²) in [4.78, 5) is 36.1. The van der Waals surface area contributed by atoms with Gasteiger partial charge in [0.05, 0.1) is 11.8 Å². The molecule has 0 bridgehead atoms. The number of pyridine rings is 1. The van der Waals surface area contributed by atoms with Crippen LogP contribution in [0.1, 0.15) is 46.6 Å². The Hall–Kier alpha value is -2.87. The Labute approximate surface area is 176 Å². The smallest absolute Gasteiger partial charge is 0.289 e. The van der Waals surface area contributed by atoms with Crippen molar-refractivity contribution in [3.8, 4) is 0 Å². The van der Waals surface area contributed by atoms with Gasteiger partial charge in [-0.15, -0.1) is 0 Å². The van der Waals surface area contributed by atoms with E-state index in [0.717, 1.165) is 19.3 Å². The molecule has 0 radical (unpaired) electrons. The molecule has 4 heterocycles. The van der Waals surface area contributed by atoms with Crippen molar-refractivity contribution in [3.63, 3.8) is 0 Å². The van der Waals surface area contributed by atoms with Crippen LogP contribution in [0.15, 0.2) is 41.1 Å². The van der Waals surface area contributed by atoms with Crippen LogP contribution in [0.25, 0.3) is 0 Å². The van der Waals surface area contributed by atoms with Gasteiger partial charge in [-0.3, -0.25) is 9.59 Å². The molecule has 2 saturated heterocycles. The molecule has 2 aliphatic rings. The normalized spacial score (nSPS) is 19.8. The standard InChI is InChI=1S/C22H28N4O4/c27-15-8-17-5-1-2-10-26(17)21(28)18-6-3-9-23-20(18)24-11-13-25(14-12-24)22(29)19-7-4-16-30-19/h3-4,6-7,9,16-17,27H,1-2,5,8,10-15H2/t17-/m0/s1. The van der Waals surface area contributed by atoms with Crippen molar-refractivity contribution >= 4 is 17.6 Å². The monoisotopic (exact) mass is 412 g/mol. The molecule has 1 N–H and O–H groups in total. The Morgan fingerprint density at radius 2 is 1.90 bits per heavy atom. The predicted octanol–water partition coefficient (Wildman–Crippen LogP) is 2.01. The summed E-state index contributed by atoms with van der Waals surface area (Å²) < 4.78 is 5.22. The highest BCUT2D eigenvalue weighted by atomic mass is 16.3. The first-order valence-corrected chi connectivity index (χ1v) is 10.6. The molecule has 0 saturated carbocycles. The number of hydrogen-bond donors (Lipinski definition) is 1. The van der Waals surface area contributed by atoms with E-state index in [-0.39, 0.29) is 24.5 Å². The Morgan fingerprint density at radius 3 is 2.63 bits per heavy atom. The van der Waals surface area contributed by atoms with Crippen molar-refractivity contribution < 1.29 is 19.1 Å². The second-order valence-corrected chi connectivity index (χ2v) is 7.79. The number of rotatable bonds is 5. The molecule has 0 unspecified atom stereocenters. The molecule has 2 aromatic rings. The summed E-state index contributed by atoms with van der Waals surface area (Å²) in [6.07, 6.45) is 6.80. The first-order valence-electron chi connectivity index (χ1n) is 10.6. The number of piperazine rings is 1. The van der Waals surface area contributed by atoms with Crippen LogP contribution in [0, 0.1) is 0 Å². The lowest BCUT2D eigenvalue weighted by Gasteiger charge is -2.38. The van der Waals surface area contributed by atoms with Gasteiger partial charge in [-0.25, -0.2) is 4.98 Å². The van der Waals surface area contributed by atoms with Crippen LogP contribution >= 0.6 is 0 Å². The lowest BCUT2D eigenvalue weighted by atomic mass is 9.98. The summed E-state index contributed by atoms with van der Waals surface area (Å²) in [6.45, 7) is 3.08. The Kier molecular flexibility index (Phi) is 6.32. The van der Waals surface area contributed by atoms with E-state index in [1.807, 2.05) is 11.0 Å². The number of piperidine rings is 1. The molecular weight excluding hydrogens is 384 g/mol. The van der Waals surface area contributed by atoms with Gasteiger partial charge in [0, 0.05) is 51.6 Å². The number of carbonyl (C=O) groups excluding carboxylic acids is 2. The zero-order valence-corrected chi connectivity index (χ0v) is 17.1. The van der Waals surface area contributed by atoms with Gasteiger partial charge >= 0.3 is 0 Å². The summed E-state index contributed by atoms with van der Waals surface area (Å²) in [7, 11) is 0. The van der Waals surface area contributed by atoms with Crippen LogP contribution in [0.3, 0.4) is 0 Å². The molecule has 8 heteroatoms. The number of aromatic nitrogens is 1. The number of likely N-dealkylation sites (tertiary alicyclic amines) is 1. The van der Waals surface area contributed by atoms with E-state index >= 15 is 0 Å². The molecular formula is C22H28N4O4. The van der Waals surface area contributed by atoms with Crippen LogP contribution in [0.2, 0.25) is 0 Å². The SMILES string of the molecule is O=C(c1ccco1)N1CCN(c2ncccc2C(=O)N2CCCC[C@H]2CCO)CC1. The minimum atomic E-state index is -0.114. The third kappa shape index (κ3) is 4.18. The van der Waals surface area contributed by atoms with E-state index in [1.54, 1.807) is 29.3 Å². The summed E-state index contributed by atoms with van der Waals surface area (Å²) in [5, 5.41) is 9.39. The van der Waals surface area contributed by atoms with Gasteiger partial charge in [-0.2, -0.15) is 0 Å². The first-order chi connectivity index (χ1) is 14.7. The van der Waals surface area contributed by atoms with Gasteiger partial charge in [0.2, 0.25) is 0 Å². The average molecular weight is 412 g/mol. The van der Waals surface area contributed by atoms with Gasteiger partial charge in [0.1, 0.15) is 5.82 Å². The summed E-state index contributed by atoms with van der Waals surface area (Å²) in [5.41, 5.74) is 0.591. The molecule has 0 spiro atoms. The van der Waals surface area contributed by atoms with Gasteiger partial charge in [0.15, 0.2) is 5.76 Å². The first kappa shape index (κ1) is 20.4. The van der Waals surface area contributed by atoms with Crippen molar-refractivity contribution in [2.75, 3.05) is 44.2 Å². The fraction of sp³-hybridized carbons (Fsp3) is 0.500. The van der Waals surface area contributed by atoms with E-state index in [2.05, 4.69) is 9.88 Å². The second-order valence-electron chi connectivity index (χ2n) is 7.79. The van der Waals surface area contributed by atoms with Crippen LogP contribution in [-0.4, -0.2) is 77.1 Å². The highest BCUT2D eigenvalue weighted by Gasteiger charge is 2.31. The van der Waals surface area contributed by atoms with Crippen molar-refractivity contribution in [3.05, 3.63) is 48.0 Å². The highest BCUT2D eigenvalue weighted by Crippen LogP contribution is 2.26. The number of amides is 2. The third-order valence-electron chi connectivity index (χ3n) is 5.97. The molecule has 0 aliphatic carbocycles. The number of hydrogen-bond acceptors (Lipinski definition) is 6. The topological polar surface area (TPSA) is 90.1 Å². The van der Waals surface area contributed by atoms with E-state index in [1.165, 1.54) is 6.26 Å². The van der Waals surface area contributed by atoms with Gasteiger partial charge in [-0.05, 0) is 49.9 Å². The van der Waals surface area contributed by atoms with E-state index in [0.29, 0.717) is 56.3 Å². The van der Waals surface area contributed by atoms with Crippen molar-refractivity contribution in [2.45, 2.75) is 31.7 Å². The zero-order chi connectivity index (χ0) is 20.9. The summed E-state index contributed by atoms with van der Waals surface area (Å²) >= 11 is 0. The molecule has 8 nitrogen and oxygen atoms in total. The molecule has 2 fully saturated rings. The van der Waals surface area contributed by atoms with E-state index < -0.39 is 0 Å². The fourth-order valence-electron chi connectivity index (χ4n) is 4.37. The fourth-order valence-corrected chi connectivity index (χ4v) is 4.37. The maximum absolute atomic E-state index is 13.4. The highest BCUT2D eigenvalue weighted by molar-refractivity contribution is 5.99. The molecule has 2 amide bonds. The van der Waals surface area contributed by atoms with Gasteiger partial charge < -0.3 is 24.2 Å². The molecule has 30 heavy (non-hydrogen) atoms. The molecule has 2 aromatic heterocycles. The zero-order valence-electron chi connectivity index (χ0n) is 17.1. The van der Waals surface area contributed by atoms with Crippen molar-refractivity contribution in [1.82, 2.24) is 14.8 Å². The summed E-state index contributed by atoms with van der Waals surface area (Å²) in [5.74, 6) is 0.876. The lowest BCUT2D eigenvalue weighted by Crippen LogP contribution is -2.50. The van der Waals surface area contributed by atoms with Crippen molar-refractivity contribution in [1.29, 1.82) is 0 Å². The Morgan fingerprint density at radius 1 is 1.07 bits per heavy atom. The quantitative estimate of drug-likeness (QED) is 0.808. The average Bonchev–Trinajstić information content (AvgIpc) is 3.34. The Bertz CT molecular complexity index is 860. The number of aliphatic hydroxyl groups excluding tert-OH is 1. The maximum Gasteiger partial charge on any atom is 0.289 e. The van der Waals surface area contributed by atoms with E-state index in [4.69, 9.17) is 4.42 Å². The van der Waals surface area contributed by atoms with E-state index in [9.17, 15) is 14.7 Å². The van der Waals surface area contributed by atoms with Crippen LogP contribution < -0.4 is 4.90 Å². The summed E-state index contributed by atoms with van der Waals surface area (Å²) in [6, 6.07) is 7.08. The molecule has 160 valence electrons. The molecule has 2 aliphatic heterocycles. The van der Waals surface area contributed by atoms with Gasteiger partial charge in [-0.1, -0.05) is 0 Å². The number of anilines is 1. The van der Waals surface area contributed by atoms with Crippen LogP contribution in [0.5, 0.6) is 0 Å². The second kappa shape index (κ2) is 9.30. The maximum atomic E-state index is 13.4. The van der Waals surface area contributed by atoms with Gasteiger partial charge in [0.25, 0.3) is 11.8 Å². The largest absolute Gasteiger partial charge is 0.459 e. The van der Waals surface area contributed by atoms with Crippen molar-refractivity contribution in [2.24, 2.45) is 0 Å². The number of aliphatic hydroxyl groups is 1. The lowest BCUT2D eigenvalue weighted by molar-refractivity contribution is 0.0573. The minimum Gasteiger partial charge on any atom is -0.459 e. The molecule has 0 aromatic carbocycles. The number of carbonyl (C=O) groups is 2. The van der Waals surface area contributed by atoms with Crippen LogP contribution in [-0.2, 0) is 0 Å². The predicted molar refractivity (Wildman–Crippen MR) is 111 cm³/mol. The van der Waals surface area contributed by atoms with Crippen LogP contribution in [0.4, 0.5) is 5.82 Å². The number of furan rings is 1. The molecule has 4 rings (SSSR count). The third-order valence-corrected chi connectivity index (χ3v) is 5.97. The molecule has 1 atom stereocenters.